The number of amides is 1. The summed E-state index contributed by atoms with van der Waals surface area (Å²) in [6.45, 7) is 4.34. The lowest BCUT2D eigenvalue weighted by atomic mass is 10.1. The lowest BCUT2D eigenvalue weighted by Gasteiger charge is -2.13. The fraction of sp³-hybridized carbons (Fsp3) is 0.583. The predicted octanol–water partition coefficient (Wildman–Crippen LogP) is 1.29. The van der Waals surface area contributed by atoms with Gasteiger partial charge >= 0.3 is 5.97 Å². The highest BCUT2D eigenvalue weighted by molar-refractivity contribution is 5.98. The summed E-state index contributed by atoms with van der Waals surface area (Å²) in [6, 6.07) is 0.270. The number of hydrogen-bond acceptors (Lipinski definition) is 3. The molecule has 0 aromatic carbocycles. The van der Waals surface area contributed by atoms with Crippen molar-refractivity contribution < 1.29 is 14.7 Å². The summed E-state index contributed by atoms with van der Waals surface area (Å²) < 4.78 is 1.80. The van der Waals surface area contributed by atoms with Crippen molar-refractivity contribution >= 4 is 17.6 Å². The van der Waals surface area contributed by atoms with Crippen molar-refractivity contribution in [1.82, 2.24) is 9.78 Å². The average Bonchev–Trinajstić information content (AvgIpc) is 2.94. The molecule has 98 valence electrons. The number of hydrogen-bond donors (Lipinski definition) is 1. The average molecular weight is 251 g/mol. The van der Waals surface area contributed by atoms with E-state index in [-0.39, 0.29) is 24.9 Å². The maximum absolute atomic E-state index is 11.8. The number of aliphatic carboxylic acids is 1. The first-order chi connectivity index (χ1) is 8.52. The van der Waals surface area contributed by atoms with E-state index in [0.29, 0.717) is 5.69 Å². The molecule has 1 aromatic heterocycles. The summed E-state index contributed by atoms with van der Waals surface area (Å²) >= 11 is 0. The quantitative estimate of drug-likeness (QED) is 0.875. The van der Waals surface area contributed by atoms with Gasteiger partial charge in [0.2, 0.25) is 5.91 Å². The van der Waals surface area contributed by atoms with Crippen LogP contribution in [0.15, 0.2) is 12.4 Å². The van der Waals surface area contributed by atoms with Gasteiger partial charge in [0.1, 0.15) is 0 Å². The van der Waals surface area contributed by atoms with Gasteiger partial charge in [-0.2, -0.15) is 5.10 Å². The lowest BCUT2D eigenvalue weighted by Crippen LogP contribution is -2.25. The van der Waals surface area contributed by atoms with Gasteiger partial charge in [-0.15, -0.1) is 0 Å². The minimum atomic E-state index is -0.917. The van der Waals surface area contributed by atoms with Crippen LogP contribution in [0.25, 0.3) is 0 Å². The standard InChI is InChI=1S/C12H17N3O3/c1-3-8(2)15-7-10(5-13-15)14-6-9(12(17)18)4-11(14)16/h5,7-9H,3-4,6H2,1-2H3,(H,17,18). The molecule has 2 heterocycles. The third-order valence-electron chi connectivity index (χ3n) is 3.42. The normalized spacial score (nSPS) is 21.3. The molecule has 1 fully saturated rings. The van der Waals surface area contributed by atoms with Crippen LogP contribution >= 0.6 is 0 Å². The zero-order chi connectivity index (χ0) is 13.3. The summed E-state index contributed by atoms with van der Waals surface area (Å²) in [5.74, 6) is -1.67. The van der Waals surface area contributed by atoms with Crippen molar-refractivity contribution in [2.24, 2.45) is 5.92 Å². The van der Waals surface area contributed by atoms with E-state index in [1.165, 1.54) is 4.90 Å². The number of carbonyl (C=O) groups excluding carboxylic acids is 1. The highest BCUT2D eigenvalue weighted by Crippen LogP contribution is 2.25. The van der Waals surface area contributed by atoms with E-state index in [4.69, 9.17) is 5.11 Å². The Morgan fingerprint density at radius 2 is 2.39 bits per heavy atom. The molecule has 0 bridgehead atoms. The van der Waals surface area contributed by atoms with E-state index in [1.807, 2.05) is 6.92 Å². The van der Waals surface area contributed by atoms with Crippen molar-refractivity contribution in [3.63, 3.8) is 0 Å². The smallest absolute Gasteiger partial charge is 0.308 e. The molecule has 18 heavy (non-hydrogen) atoms. The third-order valence-corrected chi connectivity index (χ3v) is 3.42. The van der Waals surface area contributed by atoms with Crippen molar-refractivity contribution in [3.05, 3.63) is 12.4 Å². The molecule has 1 amide bonds. The second-order valence-electron chi connectivity index (χ2n) is 4.68. The second kappa shape index (κ2) is 4.80. The Hall–Kier alpha value is -1.85. The molecule has 0 aliphatic carbocycles. The van der Waals surface area contributed by atoms with E-state index >= 15 is 0 Å². The van der Waals surface area contributed by atoms with E-state index in [2.05, 4.69) is 12.0 Å². The van der Waals surface area contributed by atoms with E-state index in [0.717, 1.165) is 6.42 Å². The summed E-state index contributed by atoms with van der Waals surface area (Å²) in [5.41, 5.74) is 0.684. The van der Waals surface area contributed by atoms with Gasteiger partial charge in [-0.1, -0.05) is 6.92 Å². The molecule has 1 aliphatic rings. The van der Waals surface area contributed by atoms with Crippen LogP contribution in [0.4, 0.5) is 5.69 Å². The van der Waals surface area contributed by atoms with Crippen LogP contribution in [0.5, 0.6) is 0 Å². The Bertz CT molecular complexity index is 469. The maximum atomic E-state index is 11.8. The van der Waals surface area contributed by atoms with Gasteiger partial charge in [-0.3, -0.25) is 14.3 Å². The van der Waals surface area contributed by atoms with Crippen LogP contribution in [-0.4, -0.2) is 33.3 Å². The van der Waals surface area contributed by atoms with Crippen LogP contribution < -0.4 is 4.90 Å². The Morgan fingerprint density at radius 3 is 2.94 bits per heavy atom. The number of carboxylic acids is 1. The molecule has 1 aliphatic heterocycles. The molecule has 2 atom stereocenters. The third kappa shape index (κ3) is 2.23. The minimum Gasteiger partial charge on any atom is -0.481 e. The Kier molecular flexibility index (Phi) is 3.36. The van der Waals surface area contributed by atoms with Crippen molar-refractivity contribution in [3.8, 4) is 0 Å². The number of rotatable bonds is 4. The predicted molar refractivity (Wildman–Crippen MR) is 65.3 cm³/mol. The van der Waals surface area contributed by atoms with Crippen LogP contribution in [0, 0.1) is 5.92 Å². The minimum absolute atomic E-state index is 0.0733. The van der Waals surface area contributed by atoms with Gasteiger partial charge in [0.05, 0.1) is 17.8 Å². The van der Waals surface area contributed by atoms with Gasteiger partial charge in [0.25, 0.3) is 0 Å². The van der Waals surface area contributed by atoms with E-state index < -0.39 is 11.9 Å². The molecule has 0 saturated carbocycles. The van der Waals surface area contributed by atoms with E-state index in [1.54, 1.807) is 17.1 Å². The Balaban J connectivity index is 2.15. The topological polar surface area (TPSA) is 75.4 Å². The number of aromatic nitrogens is 2. The first kappa shape index (κ1) is 12.6. The van der Waals surface area contributed by atoms with Crippen molar-refractivity contribution in [2.45, 2.75) is 32.7 Å². The molecular formula is C12H17N3O3. The number of nitrogens with zero attached hydrogens (tertiary/aromatic N) is 3. The highest BCUT2D eigenvalue weighted by atomic mass is 16.4. The SMILES string of the molecule is CCC(C)n1cc(N2CC(C(=O)O)CC2=O)cn1. The van der Waals surface area contributed by atoms with Gasteiger partial charge < -0.3 is 10.0 Å². The Labute approximate surface area is 105 Å². The zero-order valence-electron chi connectivity index (χ0n) is 10.5. The number of anilines is 1. The Morgan fingerprint density at radius 1 is 1.67 bits per heavy atom. The van der Waals surface area contributed by atoms with Crippen LogP contribution in [-0.2, 0) is 9.59 Å². The van der Waals surface area contributed by atoms with Crippen LogP contribution in [0.1, 0.15) is 32.7 Å². The molecule has 2 unspecified atom stereocenters. The zero-order valence-corrected chi connectivity index (χ0v) is 10.5. The summed E-state index contributed by atoms with van der Waals surface area (Å²) in [4.78, 5) is 24.2. The molecular weight excluding hydrogens is 234 g/mol. The molecule has 1 aromatic rings. The van der Waals surface area contributed by atoms with Crippen LogP contribution in [0.3, 0.4) is 0 Å². The second-order valence-corrected chi connectivity index (χ2v) is 4.68. The lowest BCUT2D eigenvalue weighted by molar-refractivity contribution is -0.141. The summed E-state index contributed by atoms with van der Waals surface area (Å²) in [7, 11) is 0. The molecule has 1 saturated heterocycles. The molecule has 6 heteroatoms. The van der Waals surface area contributed by atoms with Gasteiger partial charge in [-0.25, -0.2) is 0 Å². The summed E-state index contributed by atoms with van der Waals surface area (Å²) in [5, 5.41) is 13.1. The fourth-order valence-corrected chi connectivity index (χ4v) is 2.02. The molecule has 0 spiro atoms. The fourth-order valence-electron chi connectivity index (χ4n) is 2.02. The van der Waals surface area contributed by atoms with Gasteiger partial charge in [-0.05, 0) is 13.3 Å². The highest BCUT2D eigenvalue weighted by Gasteiger charge is 2.35. The molecule has 0 radical (unpaired) electrons. The maximum Gasteiger partial charge on any atom is 0.308 e. The van der Waals surface area contributed by atoms with E-state index in [9.17, 15) is 9.59 Å². The first-order valence-electron chi connectivity index (χ1n) is 6.10. The monoisotopic (exact) mass is 251 g/mol. The van der Waals surface area contributed by atoms with Crippen LogP contribution in [0.2, 0.25) is 0 Å². The molecule has 6 nitrogen and oxygen atoms in total. The van der Waals surface area contributed by atoms with Gasteiger partial charge in [0.15, 0.2) is 0 Å². The first-order valence-corrected chi connectivity index (χ1v) is 6.10. The number of carboxylic acid groups (broad SMARTS) is 1. The van der Waals surface area contributed by atoms with Gasteiger partial charge in [0, 0.05) is 25.2 Å². The summed E-state index contributed by atoms with van der Waals surface area (Å²) in [6.07, 6.45) is 4.45. The number of carbonyl (C=O) groups is 2. The van der Waals surface area contributed by atoms with Crippen molar-refractivity contribution in [1.29, 1.82) is 0 Å². The molecule has 2 rings (SSSR count). The largest absolute Gasteiger partial charge is 0.481 e. The molecule has 1 N–H and O–H groups in total. The van der Waals surface area contributed by atoms with Crippen molar-refractivity contribution in [2.75, 3.05) is 11.4 Å².